The summed E-state index contributed by atoms with van der Waals surface area (Å²) in [5.41, 5.74) is 0. The first-order valence-electron chi connectivity index (χ1n) is 5.53. The van der Waals surface area contributed by atoms with Crippen molar-refractivity contribution in [3.05, 3.63) is 0 Å². The van der Waals surface area contributed by atoms with Gasteiger partial charge in [0.2, 0.25) is 0 Å². The average molecular weight is 185 g/mol. The SMILES string of the molecule is CCCC1CC1NC(C)CCOC. The van der Waals surface area contributed by atoms with E-state index in [9.17, 15) is 0 Å². The van der Waals surface area contributed by atoms with Gasteiger partial charge in [0.15, 0.2) is 0 Å². The molecule has 0 aromatic carbocycles. The van der Waals surface area contributed by atoms with E-state index in [0.29, 0.717) is 6.04 Å². The zero-order chi connectivity index (χ0) is 9.68. The first kappa shape index (κ1) is 11.0. The van der Waals surface area contributed by atoms with Gasteiger partial charge >= 0.3 is 0 Å². The fourth-order valence-corrected chi connectivity index (χ4v) is 1.88. The van der Waals surface area contributed by atoms with E-state index in [-0.39, 0.29) is 0 Å². The molecule has 3 atom stereocenters. The van der Waals surface area contributed by atoms with Gasteiger partial charge in [-0.15, -0.1) is 0 Å². The maximum atomic E-state index is 5.05. The maximum Gasteiger partial charge on any atom is 0.0476 e. The quantitative estimate of drug-likeness (QED) is 0.656. The van der Waals surface area contributed by atoms with Gasteiger partial charge in [0.25, 0.3) is 0 Å². The summed E-state index contributed by atoms with van der Waals surface area (Å²) in [5, 5.41) is 3.64. The molecule has 2 heteroatoms. The van der Waals surface area contributed by atoms with Crippen molar-refractivity contribution in [3.8, 4) is 0 Å². The Balaban J connectivity index is 1.99. The lowest BCUT2D eigenvalue weighted by Crippen LogP contribution is -2.30. The van der Waals surface area contributed by atoms with Crippen LogP contribution in [0.1, 0.15) is 39.5 Å². The molecule has 1 aliphatic rings. The third-order valence-electron chi connectivity index (χ3n) is 2.84. The van der Waals surface area contributed by atoms with E-state index < -0.39 is 0 Å². The van der Waals surface area contributed by atoms with Crippen molar-refractivity contribution in [1.29, 1.82) is 0 Å². The Morgan fingerprint density at radius 2 is 2.31 bits per heavy atom. The van der Waals surface area contributed by atoms with E-state index in [1.807, 2.05) is 0 Å². The molecule has 1 aliphatic carbocycles. The molecule has 2 nitrogen and oxygen atoms in total. The van der Waals surface area contributed by atoms with Gasteiger partial charge in [-0.2, -0.15) is 0 Å². The van der Waals surface area contributed by atoms with E-state index in [1.165, 1.54) is 19.3 Å². The van der Waals surface area contributed by atoms with Crippen LogP contribution in [0.2, 0.25) is 0 Å². The van der Waals surface area contributed by atoms with Crippen LogP contribution in [0.15, 0.2) is 0 Å². The van der Waals surface area contributed by atoms with Crippen LogP contribution in [-0.4, -0.2) is 25.8 Å². The molecular formula is C11H23NO. The van der Waals surface area contributed by atoms with Crippen LogP contribution in [0.25, 0.3) is 0 Å². The molecule has 0 aromatic rings. The summed E-state index contributed by atoms with van der Waals surface area (Å²) in [7, 11) is 1.77. The summed E-state index contributed by atoms with van der Waals surface area (Å²) in [6.07, 6.45) is 5.25. The van der Waals surface area contributed by atoms with Gasteiger partial charge in [-0.05, 0) is 32.1 Å². The Bertz CT molecular complexity index is 138. The van der Waals surface area contributed by atoms with Crippen LogP contribution >= 0.6 is 0 Å². The molecule has 1 N–H and O–H groups in total. The smallest absolute Gasteiger partial charge is 0.0476 e. The van der Waals surface area contributed by atoms with Crippen molar-refractivity contribution < 1.29 is 4.74 Å². The fourth-order valence-electron chi connectivity index (χ4n) is 1.88. The van der Waals surface area contributed by atoms with E-state index in [4.69, 9.17) is 4.74 Å². The second kappa shape index (κ2) is 5.61. The van der Waals surface area contributed by atoms with Crippen molar-refractivity contribution in [2.24, 2.45) is 5.92 Å². The van der Waals surface area contributed by atoms with Gasteiger partial charge in [-0.3, -0.25) is 0 Å². The topological polar surface area (TPSA) is 21.3 Å². The van der Waals surface area contributed by atoms with Crippen molar-refractivity contribution in [2.75, 3.05) is 13.7 Å². The van der Waals surface area contributed by atoms with E-state index in [0.717, 1.165) is 25.0 Å². The largest absolute Gasteiger partial charge is 0.385 e. The van der Waals surface area contributed by atoms with Crippen molar-refractivity contribution in [2.45, 2.75) is 51.6 Å². The lowest BCUT2D eigenvalue weighted by molar-refractivity contribution is 0.184. The molecule has 1 fully saturated rings. The number of rotatable bonds is 7. The van der Waals surface area contributed by atoms with Gasteiger partial charge in [0.05, 0.1) is 0 Å². The Morgan fingerprint density at radius 1 is 1.54 bits per heavy atom. The molecule has 0 radical (unpaired) electrons. The minimum Gasteiger partial charge on any atom is -0.385 e. The van der Waals surface area contributed by atoms with Crippen LogP contribution in [0.4, 0.5) is 0 Å². The summed E-state index contributed by atoms with van der Waals surface area (Å²) in [6.45, 7) is 5.39. The minimum absolute atomic E-state index is 0.617. The molecule has 13 heavy (non-hydrogen) atoms. The summed E-state index contributed by atoms with van der Waals surface area (Å²) >= 11 is 0. The molecule has 0 spiro atoms. The highest BCUT2D eigenvalue weighted by atomic mass is 16.5. The predicted octanol–water partition coefficient (Wildman–Crippen LogP) is 2.19. The fraction of sp³-hybridized carbons (Fsp3) is 1.00. The normalized spacial score (nSPS) is 28.8. The van der Waals surface area contributed by atoms with Crippen LogP contribution in [0.3, 0.4) is 0 Å². The number of methoxy groups -OCH3 is 1. The number of ether oxygens (including phenoxy) is 1. The van der Waals surface area contributed by atoms with Gasteiger partial charge in [0.1, 0.15) is 0 Å². The number of hydrogen-bond acceptors (Lipinski definition) is 2. The van der Waals surface area contributed by atoms with Gasteiger partial charge in [-0.1, -0.05) is 13.3 Å². The Kier molecular flexibility index (Phi) is 4.74. The molecular weight excluding hydrogens is 162 g/mol. The molecule has 1 rings (SSSR count). The third-order valence-corrected chi connectivity index (χ3v) is 2.84. The van der Waals surface area contributed by atoms with Crippen LogP contribution in [0, 0.1) is 5.92 Å². The third kappa shape index (κ3) is 4.10. The zero-order valence-electron chi connectivity index (χ0n) is 9.18. The van der Waals surface area contributed by atoms with Gasteiger partial charge in [0, 0.05) is 25.8 Å². The molecule has 3 unspecified atom stereocenters. The molecule has 0 aliphatic heterocycles. The van der Waals surface area contributed by atoms with E-state index in [1.54, 1.807) is 7.11 Å². The van der Waals surface area contributed by atoms with Gasteiger partial charge < -0.3 is 10.1 Å². The Hall–Kier alpha value is -0.0800. The monoisotopic (exact) mass is 185 g/mol. The highest BCUT2D eigenvalue weighted by Gasteiger charge is 2.36. The van der Waals surface area contributed by atoms with Gasteiger partial charge in [-0.25, -0.2) is 0 Å². The van der Waals surface area contributed by atoms with E-state index in [2.05, 4.69) is 19.2 Å². The van der Waals surface area contributed by atoms with Crippen LogP contribution in [-0.2, 0) is 4.74 Å². The molecule has 0 heterocycles. The molecule has 0 saturated heterocycles. The summed E-state index contributed by atoms with van der Waals surface area (Å²) in [4.78, 5) is 0. The molecule has 1 saturated carbocycles. The van der Waals surface area contributed by atoms with Crippen LogP contribution < -0.4 is 5.32 Å². The summed E-state index contributed by atoms with van der Waals surface area (Å²) < 4.78 is 5.05. The second-order valence-corrected chi connectivity index (χ2v) is 4.24. The zero-order valence-corrected chi connectivity index (χ0v) is 9.18. The number of nitrogens with one attached hydrogen (secondary N) is 1. The summed E-state index contributed by atoms with van der Waals surface area (Å²) in [5.74, 6) is 0.968. The highest BCUT2D eigenvalue weighted by molar-refractivity contribution is 4.93. The molecule has 0 amide bonds. The standard InChI is InChI=1S/C11H23NO/c1-4-5-10-8-11(10)12-9(2)6-7-13-3/h9-12H,4-8H2,1-3H3. The molecule has 0 aromatic heterocycles. The van der Waals surface area contributed by atoms with Crippen LogP contribution in [0.5, 0.6) is 0 Å². The Morgan fingerprint density at radius 3 is 2.92 bits per heavy atom. The van der Waals surface area contributed by atoms with Crippen molar-refractivity contribution in [1.82, 2.24) is 5.32 Å². The first-order valence-corrected chi connectivity index (χ1v) is 5.53. The minimum atomic E-state index is 0.617. The first-order chi connectivity index (χ1) is 6.27. The van der Waals surface area contributed by atoms with Crippen molar-refractivity contribution in [3.63, 3.8) is 0 Å². The molecule has 78 valence electrons. The lowest BCUT2D eigenvalue weighted by Gasteiger charge is -2.12. The van der Waals surface area contributed by atoms with Crippen molar-refractivity contribution >= 4 is 0 Å². The predicted molar refractivity (Wildman–Crippen MR) is 55.9 cm³/mol. The number of hydrogen-bond donors (Lipinski definition) is 1. The Labute approximate surface area is 82.0 Å². The average Bonchev–Trinajstić information content (AvgIpc) is 2.81. The van der Waals surface area contributed by atoms with E-state index >= 15 is 0 Å². The molecule has 0 bridgehead atoms. The highest BCUT2D eigenvalue weighted by Crippen LogP contribution is 2.34. The summed E-state index contributed by atoms with van der Waals surface area (Å²) in [6, 6.07) is 1.43. The second-order valence-electron chi connectivity index (χ2n) is 4.24. The lowest BCUT2D eigenvalue weighted by atomic mass is 10.2. The maximum absolute atomic E-state index is 5.05.